The predicted molar refractivity (Wildman–Crippen MR) is 88.4 cm³/mol. The molecule has 0 saturated carbocycles. The van der Waals surface area contributed by atoms with E-state index >= 15 is 0 Å². The number of hydrogen-bond donors (Lipinski definition) is 1. The van der Waals surface area contributed by atoms with Gasteiger partial charge in [-0.2, -0.15) is 5.26 Å². The first-order chi connectivity index (χ1) is 10.6. The molecule has 1 N–H and O–H groups in total. The molecule has 0 radical (unpaired) electrons. The third kappa shape index (κ3) is 4.25. The van der Waals surface area contributed by atoms with Crippen LogP contribution < -0.4 is 5.32 Å². The molecule has 1 unspecified atom stereocenters. The molecular weight excluding hydrogens is 298 g/mol. The second kappa shape index (κ2) is 7.86. The zero-order valence-electron chi connectivity index (χ0n) is 12.7. The summed E-state index contributed by atoms with van der Waals surface area (Å²) in [4.78, 5) is 14.4. The van der Waals surface area contributed by atoms with Crippen molar-refractivity contribution < 1.29 is 4.79 Å². The van der Waals surface area contributed by atoms with Crippen LogP contribution in [-0.2, 0) is 4.79 Å². The zero-order chi connectivity index (χ0) is 15.9. The van der Waals surface area contributed by atoms with E-state index in [4.69, 9.17) is 11.6 Å². The van der Waals surface area contributed by atoms with Crippen LogP contribution in [-0.4, -0.2) is 23.4 Å². The summed E-state index contributed by atoms with van der Waals surface area (Å²) in [7, 11) is 0. The van der Waals surface area contributed by atoms with Gasteiger partial charge in [0, 0.05) is 29.5 Å². The summed E-state index contributed by atoms with van der Waals surface area (Å²) in [5.74, 6) is -0.384. The summed E-state index contributed by atoms with van der Waals surface area (Å²) in [6, 6.07) is 9.25. The van der Waals surface area contributed by atoms with Gasteiger partial charge in [0.15, 0.2) is 0 Å². The molecule has 1 amide bonds. The van der Waals surface area contributed by atoms with Crippen LogP contribution >= 0.6 is 11.6 Å². The Kier molecular flexibility index (Phi) is 5.85. The van der Waals surface area contributed by atoms with Crippen molar-refractivity contribution in [2.24, 2.45) is 0 Å². The number of nitrogens with zero attached hydrogens (tertiary/aromatic N) is 2. The van der Waals surface area contributed by atoms with Crippen LogP contribution in [0.4, 0.5) is 5.69 Å². The lowest BCUT2D eigenvalue weighted by atomic mass is 10.0. The van der Waals surface area contributed by atoms with Gasteiger partial charge in [0.05, 0.1) is 0 Å². The van der Waals surface area contributed by atoms with E-state index in [2.05, 4.69) is 17.1 Å². The number of carbonyl (C=O) groups is 1. The van der Waals surface area contributed by atoms with Crippen molar-refractivity contribution >= 4 is 23.2 Å². The molecular formula is C17H20ClN3O. The maximum Gasteiger partial charge on any atom is 0.267 e. The Labute approximate surface area is 136 Å². The highest BCUT2D eigenvalue weighted by Gasteiger charge is 2.20. The summed E-state index contributed by atoms with van der Waals surface area (Å²) in [6.45, 7) is 3.04. The first-order valence-corrected chi connectivity index (χ1v) is 7.96. The van der Waals surface area contributed by atoms with E-state index in [0.717, 1.165) is 25.8 Å². The van der Waals surface area contributed by atoms with Gasteiger partial charge in [0.25, 0.3) is 5.91 Å². The number of halogens is 1. The lowest BCUT2D eigenvalue weighted by Crippen LogP contribution is -2.35. The molecule has 1 aliphatic heterocycles. The summed E-state index contributed by atoms with van der Waals surface area (Å²) < 4.78 is 0. The van der Waals surface area contributed by atoms with Crippen molar-refractivity contribution in [3.63, 3.8) is 0 Å². The largest absolute Gasteiger partial charge is 0.373 e. The molecule has 4 nitrogen and oxygen atoms in total. The third-order valence-corrected chi connectivity index (χ3v) is 4.16. The van der Waals surface area contributed by atoms with Gasteiger partial charge < -0.3 is 10.2 Å². The Hall–Kier alpha value is -1.99. The maximum absolute atomic E-state index is 12.2. The lowest BCUT2D eigenvalue weighted by molar-refractivity contribution is -0.112. The molecule has 22 heavy (non-hydrogen) atoms. The summed E-state index contributed by atoms with van der Waals surface area (Å²) in [5, 5.41) is 12.6. The smallest absolute Gasteiger partial charge is 0.267 e. The van der Waals surface area contributed by atoms with Crippen LogP contribution in [0.2, 0.25) is 5.02 Å². The standard InChI is InChI=1S/C17H20ClN3O/c1-2-16-5-3-4-10-21(16)12-13(11-19)17(22)20-15-8-6-14(18)7-9-15/h6-9,12,16H,2-5,10H2,1H3,(H,20,22)/b13-12-. The number of likely N-dealkylation sites (tertiary alicyclic amines) is 1. The van der Waals surface area contributed by atoms with Crippen molar-refractivity contribution in [1.82, 2.24) is 4.90 Å². The molecule has 1 aromatic carbocycles. The lowest BCUT2D eigenvalue weighted by Gasteiger charge is -2.34. The maximum atomic E-state index is 12.2. The fourth-order valence-electron chi connectivity index (χ4n) is 2.67. The fourth-order valence-corrected chi connectivity index (χ4v) is 2.79. The van der Waals surface area contributed by atoms with E-state index in [-0.39, 0.29) is 11.5 Å². The minimum absolute atomic E-state index is 0.135. The number of hydrogen-bond acceptors (Lipinski definition) is 3. The highest BCUT2D eigenvalue weighted by atomic mass is 35.5. The van der Waals surface area contributed by atoms with Gasteiger partial charge in [-0.1, -0.05) is 18.5 Å². The van der Waals surface area contributed by atoms with Crippen LogP contribution in [0.25, 0.3) is 0 Å². The first kappa shape index (κ1) is 16.4. The number of carbonyl (C=O) groups excluding carboxylic acids is 1. The Morgan fingerprint density at radius 3 is 2.82 bits per heavy atom. The minimum atomic E-state index is -0.384. The molecule has 1 aromatic rings. The van der Waals surface area contributed by atoms with Crippen LogP contribution in [0.1, 0.15) is 32.6 Å². The molecule has 1 aliphatic rings. The highest BCUT2D eigenvalue weighted by Crippen LogP contribution is 2.21. The zero-order valence-corrected chi connectivity index (χ0v) is 13.4. The SMILES string of the molecule is CCC1CCCCN1/C=C(/C#N)C(=O)Nc1ccc(Cl)cc1. The van der Waals surface area contributed by atoms with Gasteiger partial charge in [0.2, 0.25) is 0 Å². The second-order valence-electron chi connectivity index (χ2n) is 5.41. The normalized spacial score (nSPS) is 18.7. The average Bonchev–Trinajstić information content (AvgIpc) is 2.55. The van der Waals surface area contributed by atoms with Gasteiger partial charge in [-0.25, -0.2) is 0 Å². The molecule has 2 rings (SSSR count). The van der Waals surface area contributed by atoms with Crippen LogP contribution in [0, 0.1) is 11.3 Å². The molecule has 0 aliphatic carbocycles. The highest BCUT2D eigenvalue weighted by molar-refractivity contribution is 6.30. The number of rotatable bonds is 4. The first-order valence-electron chi connectivity index (χ1n) is 7.58. The molecule has 1 heterocycles. The molecule has 5 heteroatoms. The number of anilines is 1. The Morgan fingerprint density at radius 2 is 2.18 bits per heavy atom. The van der Waals surface area contributed by atoms with E-state index < -0.39 is 0 Å². The van der Waals surface area contributed by atoms with E-state index in [1.807, 2.05) is 6.07 Å². The van der Waals surface area contributed by atoms with Crippen LogP contribution in [0.15, 0.2) is 36.0 Å². The molecule has 0 aromatic heterocycles. The Morgan fingerprint density at radius 1 is 1.45 bits per heavy atom. The molecule has 0 bridgehead atoms. The molecule has 1 fully saturated rings. The van der Waals surface area contributed by atoms with Gasteiger partial charge >= 0.3 is 0 Å². The van der Waals surface area contributed by atoms with Crippen molar-refractivity contribution in [2.75, 3.05) is 11.9 Å². The van der Waals surface area contributed by atoms with Crippen molar-refractivity contribution in [3.8, 4) is 6.07 Å². The summed E-state index contributed by atoms with van der Waals surface area (Å²) >= 11 is 5.82. The number of nitriles is 1. The van der Waals surface area contributed by atoms with Gasteiger partial charge in [-0.05, 0) is 49.9 Å². The number of benzene rings is 1. The van der Waals surface area contributed by atoms with E-state index in [1.54, 1.807) is 30.5 Å². The topological polar surface area (TPSA) is 56.1 Å². The van der Waals surface area contributed by atoms with E-state index in [9.17, 15) is 10.1 Å². The third-order valence-electron chi connectivity index (χ3n) is 3.91. The number of amides is 1. The van der Waals surface area contributed by atoms with Crippen molar-refractivity contribution in [1.29, 1.82) is 5.26 Å². The van der Waals surface area contributed by atoms with E-state index in [1.165, 1.54) is 6.42 Å². The van der Waals surface area contributed by atoms with Gasteiger partial charge in [0.1, 0.15) is 11.6 Å². The molecule has 1 saturated heterocycles. The van der Waals surface area contributed by atoms with Gasteiger partial charge in [-0.3, -0.25) is 4.79 Å². The Bertz CT molecular complexity index is 589. The van der Waals surface area contributed by atoms with Gasteiger partial charge in [-0.15, -0.1) is 0 Å². The second-order valence-corrected chi connectivity index (χ2v) is 5.85. The van der Waals surface area contributed by atoms with Crippen molar-refractivity contribution in [2.45, 2.75) is 38.6 Å². The summed E-state index contributed by atoms with van der Waals surface area (Å²) in [5.41, 5.74) is 0.761. The van der Waals surface area contributed by atoms with Crippen molar-refractivity contribution in [3.05, 3.63) is 41.1 Å². The predicted octanol–water partition coefficient (Wildman–Crippen LogP) is 3.95. The quantitative estimate of drug-likeness (QED) is 0.675. The van der Waals surface area contributed by atoms with Crippen LogP contribution in [0.3, 0.4) is 0 Å². The minimum Gasteiger partial charge on any atom is -0.373 e. The Balaban J connectivity index is 2.09. The molecule has 1 atom stereocenters. The van der Waals surface area contributed by atoms with E-state index in [0.29, 0.717) is 16.8 Å². The fraction of sp³-hybridized carbons (Fsp3) is 0.412. The summed E-state index contributed by atoms with van der Waals surface area (Å²) in [6.07, 6.45) is 6.16. The number of nitrogens with one attached hydrogen (secondary N) is 1. The number of piperidine rings is 1. The monoisotopic (exact) mass is 317 g/mol. The van der Waals surface area contributed by atoms with Crippen LogP contribution in [0.5, 0.6) is 0 Å². The molecule has 116 valence electrons. The average molecular weight is 318 g/mol. The molecule has 0 spiro atoms.